The third-order valence-corrected chi connectivity index (χ3v) is 4.27. The van der Waals surface area contributed by atoms with Crippen LogP contribution < -0.4 is 10.2 Å². The van der Waals surface area contributed by atoms with Crippen molar-refractivity contribution in [2.24, 2.45) is 0 Å². The van der Waals surface area contributed by atoms with Crippen LogP contribution in [0.1, 0.15) is 16.8 Å². The van der Waals surface area contributed by atoms with Gasteiger partial charge in [-0.15, -0.1) is 0 Å². The summed E-state index contributed by atoms with van der Waals surface area (Å²) >= 11 is 0. The Hall–Kier alpha value is -1.64. The molecule has 0 bridgehead atoms. The van der Waals surface area contributed by atoms with E-state index in [1.165, 1.54) is 0 Å². The fraction of sp³-hybridized carbons (Fsp3) is 0.600. The van der Waals surface area contributed by atoms with Crippen LogP contribution in [0.4, 0.5) is 5.82 Å². The number of rotatable bonds is 2. The first kappa shape index (κ1) is 13.3. The van der Waals surface area contributed by atoms with Crippen molar-refractivity contribution in [1.29, 1.82) is 5.26 Å². The molecular weight excluding hydrogens is 250 g/mol. The number of pyridine rings is 1. The van der Waals surface area contributed by atoms with Crippen molar-refractivity contribution in [1.82, 2.24) is 15.2 Å². The Kier molecular flexibility index (Phi) is 3.60. The molecule has 3 heterocycles. The Labute approximate surface area is 120 Å². The van der Waals surface area contributed by atoms with Gasteiger partial charge in [0.05, 0.1) is 5.56 Å². The average Bonchev–Trinajstić information content (AvgIpc) is 2.38. The summed E-state index contributed by atoms with van der Waals surface area (Å²) in [6, 6.07) is 4.91. The Bertz CT molecular complexity index is 536. The van der Waals surface area contributed by atoms with E-state index in [2.05, 4.69) is 26.2 Å². The Morgan fingerprint density at radius 1 is 1.30 bits per heavy atom. The van der Waals surface area contributed by atoms with Crippen LogP contribution in [0, 0.1) is 25.2 Å². The van der Waals surface area contributed by atoms with Crippen LogP contribution in [-0.2, 0) is 0 Å². The quantitative estimate of drug-likeness (QED) is 0.856. The number of nitrogens with one attached hydrogen (secondary N) is 1. The van der Waals surface area contributed by atoms with Crippen molar-refractivity contribution in [2.45, 2.75) is 19.9 Å². The number of hydrogen-bond donors (Lipinski definition) is 1. The lowest BCUT2D eigenvalue weighted by Gasteiger charge is -2.47. The molecule has 5 heteroatoms. The van der Waals surface area contributed by atoms with Gasteiger partial charge in [-0.2, -0.15) is 5.26 Å². The zero-order chi connectivity index (χ0) is 14.1. The summed E-state index contributed by atoms with van der Waals surface area (Å²) in [6.07, 6.45) is 0. The summed E-state index contributed by atoms with van der Waals surface area (Å²) in [4.78, 5) is 9.36. The summed E-state index contributed by atoms with van der Waals surface area (Å²) < 4.78 is 0. The minimum Gasteiger partial charge on any atom is -0.352 e. The fourth-order valence-electron chi connectivity index (χ4n) is 3.09. The molecule has 2 fully saturated rings. The van der Waals surface area contributed by atoms with Crippen molar-refractivity contribution in [3.8, 4) is 6.07 Å². The molecule has 0 saturated carbocycles. The monoisotopic (exact) mass is 271 g/mol. The average molecular weight is 271 g/mol. The van der Waals surface area contributed by atoms with E-state index < -0.39 is 0 Å². The molecule has 5 nitrogen and oxygen atoms in total. The second-order valence-electron chi connectivity index (χ2n) is 5.74. The van der Waals surface area contributed by atoms with Crippen LogP contribution in [0.25, 0.3) is 0 Å². The number of piperazine rings is 1. The number of aryl methyl sites for hydroxylation is 2. The summed E-state index contributed by atoms with van der Waals surface area (Å²) in [5.74, 6) is 0.872. The Balaban J connectivity index is 1.72. The minimum atomic E-state index is 0.617. The van der Waals surface area contributed by atoms with E-state index in [0.717, 1.165) is 61.9 Å². The summed E-state index contributed by atoms with van der Waals surface area (Å²) in [7, 11) is 0. The molecule has 0 aromatic carbocycles. The van der Waals surface area contributed by atoms with Gasteiger partial charge in [0.1, 0.15) is 11.9 Å². The zero-order valence-electron chi connectivity index (χ0n) is 12.2. The van der Waals surface area contributed by atoms with Gasteiger partial charge < -0.3 is 10.2 Å². The van der Waals surface area contributed by atoms with Gasteiger partial charge in [0.15, 0.2) is 0 Å². The maximum Gasteiger partial charge on any atom is 0.147 e. The van der Waals surface area contributed by atoms with Gasteiger partial charge in [0.2, 0.25) is 0 Å². The van der Waals surface area contributed by atoms with E-state index in [9.17, 15) is 5.26 Å². The number of nitriles is 1. The lowest BCUT2D eigenvalue weighted by atomic mass is 10.0. The molecule has 2 aliphatic rings. The van der Waals surface area contributed by atoms with Crippen LogP contribution >= 0.6 is 0 Å². The van der Waals surface area contributed by atoms with Crippen LogP contribution in [0.3, 0.4) is 0 Å². The first-order valence-electron chi connectivity index (χ1n) is 7.27. The molecule has 0 radical (unpaired) electrons. The molecule has 1 N–H and O–H groups in total. The van der Waals surface area contributed by atoms with E-state index in [0.29, 0.717) is 6.04 Å². The molecule has 0 spiro atoms. The van der Waals surface area contributed by atoms with Gasteiger partial charge in [-0.05, 0) is 25.5 Å². The van der Waals surface area contributed by atoms with Crippen molar-refractivity contribution in [2.75, 3.05) is 44.2 Å². The van der Waals surface area contributed by atoms with Crippen molar-refractivity contribution >= 4 is 5.82 Å². The lowest BCUT2D eigenvalue weighted by molar-refractivity contribution is 0.147. The topological polar surface area (TPSA) is 55.2 Å². The van der Waals surface area contributed by atoms with Gasteiger partial charge in [-0.25, -0.2) is 4.98 Å². The lowest BCUT2D eigenvalue weighted by Crippen LogP contribution is -2.63. The predicted molar refractivity (Wildman–Crippen MR) is 78.9 cm³/mol. The highest BCUT2D eigenvalue weighted by atomic mass is 15.3. The highest BCUT2D eigenvalue weighted by Crippen LogP contribution is 2.27. The Morgan fingerprint density at radius 2 is 2.00 bits per heavy atom. The molecule has 0 aliphatic carbocycles. The van der Waals surface area contributed by atoms with E-state index in [1.807, 2.05) is 19.9 Å². The standard InChI is InChI=1S/C15H21N5/c1-11-7-12(2)18-15(14(11)8-16)20-9-13(10-20)19-5-3-17-4-6-19/h7,13,17H,3-6,9-10H2,1-2H3. The summed E-state index contributed by atoms with van der Waals surface area (Å²) in [6.45, 7) is 10.4. The molecule has 2 aliphatic heterocycles. The molecular formula is C15H21N5. The van der Waals surface area contributed by atoms with Crippen LogP contribution in [-0.4, -0.2) is 55.2 Å². The zero-order valence-corrected chi connectivity index (χ0v) is 12.2. The fourth-order valence-corrected chi connectivity index (χ4v) is 3.09. The third kappa shape index (κ3) is 2.37. The third-order valence-electron chi connectivity index (χ3n) is 4.27. The van der Waals surface area contributed by atoms with E-state index in [1.54, 1.807) is 0 Å². The first-order valence-corrected chi connectivity index (χ1v) is 7.27. The summed E-state index contributed by atoms with van der Waals surface area (Å²) in [5.41, 5.74) is 2.75. The molecule has 2 saturated heterocycles. The van der Waals surface area contributed by atoms with Crippen molar-refractivity contribution in [3.63, 3.8) is 0 Å². The van der Waals surface area contributed by atoms with Gasteiger partial charge >= 0.3 is 0 Å². The predicted octanol–water partition coefficient (Wildman–Crippen LogP) is 0.664. The van der Waals surface area contributed by atoms with Gasteiger partial charge in [-0.3, -0.25) is 4.90 Å². The second-order valence-corrected chi connectivity index (χ2v) is 5.74. The number of aromatic nitrogens is 1. The first-order chi connectivity index (χ1) is 9.69. The van der Waals surface area contributed by atoms with Crippen molar-refractivity contribution in [3.05, 3.63) is 22.9 Å². The normalized spacial score (nSPS) is 20.6. The van der Waals surface area contributed by atoms with Crippen LogP contribution in [0.2, 0.25) is 0 Å². The SMILES string of the molecule is Cc1cc(C)c(C#N)c(N2CC(N3CCNCC3)C2)n1. The molecule has 0 unspecified atom stereocenters. The number of hydrogen-bond acceptors (Lipinski definition) is 5. The highest BCUT2D eigenvalue weighted by molar-refractivity contribution is 5.59. The molecule has 106 valence electrons. The number of anilines is 1. The smallest absolute Gasteiger partial charge is 0.147 e. The van der Waals surface area contributed by atoms with Gasteiger partial charge in [0, 0.05) is 51.0 Å². The maximum absolute atomic E-state index is 9.34. The summed E-state index contributed by atoms with van der Waals surface area (Å²) in [5, 5.41) is 12.7. The molecule has 3 rings (SSSR count). The minimum absolute atomic E-state index is 0.617. The molecule has 0 atom stereocenters. The van der Waals surface area contributed by atoms with E-state index in [4.69, 9.17) is 0 Å². The molecule has 20 heavy (non-hydrogen) atoms. The second kappa shape index (κ2) is 5.39. The van der Waals surface area contributed by atoms with Crippen LogP contribution in [0.15, 0.2) is 6.07 Å². The molecule has 1 aromatic rings. The number of nitrogens with zero attached hydrogens (tertiary/aromatic N) is 4. The van der Waals surface area contributed by atoms with E-state index in [-0.39, 0.29) is 0 Å². The molecule has 0 amide bonds. The van der Waals surface area contributed by atoms with Crippen molar-refractivity contribution < 1.29 is 0 Å². The largest absolute Gasteiger partial charge is 0.352 e. The highest BCUT2D eigenvalue weighted by Gasteiger charge is 2.34. The maximum atomic E-state index is 9.34. The van der Waals surface area contributed by atoms with E-state index >= 15 is 0 Å². The van der Waals surface area contributed by atoms with Gasteiger partial charge in [-0.1, -0.05) is 0 Å². The van der Waals surface area contributed by atoms with Gasteiger partial charge in [0.25, 0.3) is 0 Å². The van der Waals surface area contributed by atoms with Crippen LogP contribution in [0.5, 0.6) is 0 Å². The Morgan fingerprint density at radius 3 is 2.65 bits per heavy atom. The molecule has 1 aromatic heterocycles.